The van der Waals surface area contributed by atoms with E-state index in [9.17, 15) is 0 Å². The molecule has 0 bridgehead atoms. The van der Waals surface area contributed by atoms with Crippen molar-refractivity contribution in [2.75, 3.05) is 14.1 Å². The van der Waals surface area contributed by atoms with Crippen LogP contribution in [-0.2, 0) is 0 Å². The summed E-state index contributed by atoms with van der Waals surface area (Å²) in [6.45, 7) is 1.98. The normalized spacial score (nSPS) is 13.3. The van der Waals surface area contributed by atoms with Crippen LogP contribution in [0, 0.1) is 0 Å². The highest BCUT2D eigenvalue weighted by molar-refractivity contribution is 7.79. The van der Waals surface area contributed by atoms with Gasteiger partial charge in [-0.05, 0) is 31.4 Å². The van der Waals surface area contributed by atoms with E-state index in [0.29, 0.717) is 5.82 Å². The molecule has 1 atom stereocenters. The average Bonchev–Trinajstić information content (AvgIpc) is 2.49. The van der Waals surface area contributed by atoms with Crippen molar-refractivity contribution in [1.29, 1.82) is 0 Å². The first kappa shape index (κ1) is 9.21. The van der Waals surface area contributed by atoms with Crippen molar-refractivity contribution in [3.05, 3.63) is 5.82 Å². The highest BCUT2D eigenvalue weighted by Crippen LogP contribution is 2.06. The molecule has 0 saturated heterocycles. The van der Waals surface area contributed by atoms with Gasteiger partial charge in [-0.25, -0.2) is 4.68 Å². The smallest absolute Gasteiger partial charge is 0.196 e. The number of tetrazole rings is 1. The zero-order chi connectivity index (χ0) is 9.14. The van der Waals surface area contributed by atoms with Gasteiger partial charge in [-0.1, -0.05) is 12.2 Å². The van der Waals surface area contributed by atoms with Gasteiger partial charge in [-0.3, -0.25) is 4.90 Å². The summed E-state index contributed by atoms with van der Waals surface area (Å²) in [5.41, 5.74) is 0. The maximum atomic E-state index is 4.63. The third-order valence-corrected chi connectivity index (χ3v) is 1.87. The molecular formula is C6H10N5S. The lowest BCUT2D eigenvalue weighted by Gasteiger charge is -2.19. The van der Waals surface area contributed by atoms with Crippen LogP contribution in [0.3, 0.4) is 0 Å². The minimum Gasteiger partial charge on any atom is -0.288 e. The van der Waals surface area contributed by atoms with Crippen LogP contribution in [0.2, 0.25) is 0 Å². The number of nitrogens with zero attached hydrogens (tertiary/aromatic N) is 5. The first-order valence-electron chi connectivity index (χ1n) is 3.49. The lowest BCUT2D eigenvalue weighted by molar-refractivity contribution is 0.216. The monoisotopic (exact) mass is 184 g/mol. The van der Waals surface area contributed by atoms with Gasteiger partial charge >= 0.3 is 0 Å². The standard InChI is InChI=1S/C6H10N5S/c1-5(10(2)3)11-6(4-12)7-8-9-11/h5H,1-3H3. The molecule has 1 unspecified atom stereocenters. The summed E-state index contributed by atoms with van der Waals surface area (Å²) in [5, 5.41) is 13.5. The molecule has 1 aromatic heterocycles. The predicted octanol–water partition coefficient (Wildman–Crippen LogP) is -0.0220. The fourth-order valence-corrected chi connectivity index (χ4v) is 0.866. The lowest BCUT2D eigenvalue weighted by Crippen LogP contribution is -2.25. The molecule has 1 aromatic rings. The van der Waals surface area contributed by atoms with Crippen LogP contribution in [0.1, 0.15) is 18.9 Å². The van der Waals surface area contributed by atoms with E-state index in [1.165, 1.54) is 0 Å². The second-order valence-corrected chi connectivity index (χ2v) is 2.85. The summed E-state index contributed by atoms with van der Waals surface area (Å²) in [6, 6.07) is 0. The van der Waals surface area contributed by atoms with Gasteiger partial charge < -0.3 is 0 Å². The topological polar surface area (TPSA) is 46.8 Å². The first-order valence-corrected chi connectivity index (χ1v) is 3.90. The molecular weight excluding hydrogens is 174 g/mol. The molecule has 0 N–H and O–H groups in total. The maximum absolute atomic E-state index is 4.63. The van der Waals surface area contributed by atoms with E-state index >= 15 is 0 Å². The second kappa shape index (κ2) is 3.68. The Balaban J connectivity index is 2.93. The van der Waals surface area contributed by atoms with Crippen LogP contribution < -0.4 is 0 Å². The zero-order valence-corrected chi connectivity index (χ0v) is 8.04. The van der Waals surface area contributed by atoms with Crippen molar-refractivity contribution in [3.63, 3.8) is 0 Å². The minimum absolute atomic E-state index is 0.0884. The van der Waals surface area contributed by atoms with Gasteiger partial charge in [0.2, 0.25) is 0 Å². The Morgan fingerprint density at radius 3 is 2.75 bits per heavy atom. The van der Waals surface area contributed by atoms with Gasteiger partial charge in [0.15, 0.2) is 5.82 Å². The van der Waals surface area contributed by atoms with Crippen LogP contribution >= 0.6 is 12.2 Å². The molecule has 0 fully saturated rings. The number of hydrogen-bond acceptors (Lipinski definition) is 5. The van der Waals surface area contributed by atoms with Crippen molar-refractivity contribution < 1.29 is 0 Å². The fourth-order valence-electron chi connectivity index (χ4n) is 0.731. The average molecular weight is 184 g/mol. The Labute approximate surface area is 76.4 Å². The van der Waals surface area contributed by atoms with Gasteiger partial charge in [0.25, 0.3) is 0 Å². The molecule has 12 heavy (non-hydrogen) atoms. The van der Waals surface area contributed by atoms with Gasteiger partial charge in [0, 0.05) is 0 Å². The Kier molecular flexibility index (Phi) is 2.83. The SMILES string of the molecule is CC(N(C)C)n1nnnc1[C]=S. The molecule has 5 nitrogen and oxygen atoms in total. The van der Waals surface area contributed by atoms with E-state index in [4.69, 9.17) is 0 Å². The van der Waals surface area contributed by atoms with E-state index < -0.39 is 0 Å². The van der Waals surface area contributed by atoms with Crippen molar-refractivity contribution in [2.45, 2.75) is 13.1 Å². The van der Waals surface area contributed by atoms with Crippen LogP contribution in [0.25, 0.3) is 0 Å². The van der Waals surface area contributed by atoms with Gasteiger partial charge in [-0.2, -0.15) is 0 Å². The summed E-state index contributed by atoms with van der Waals surface area (Å²) in [4.78, 5) is 1.98. The predicted molar refractivity (Wildman–Crippen MR) is 47.9 cm³/mol. The maximum Gasteiger partial charge on any atom is 0.196 e. The summed E-state index contributed by atoms with van der Waals surface area (Å²) < 4.78 is 1.62. The van der Waals surface area contributed by atoms with E-state index in [-0.39, 0.29) is 6.17 Å². The van der Waals surface area contributed by atoms with E-state index in [1.807, 2.05) is 25.9 Å². The third kappa shape index (κ3) is 1.64. The lowest BCUT2D eigenvalue weighted by atomic mass is 10.5. The van der Waals surface area contributed by atoms with Crippen LogP contribution in [0.5, 0.6) is 0 Å². The Morgan fingerprint density at radius 2 is 2.25 bits per heavy atom. The van der Waals surface area contributed by atoms with Crippen molar-refractivity contribution in [1.82, 2.24) is 25.1 Å². The molecule has 0 aliphatic heterocycles. The van der Waals surface area contributed by atoms with E-state index in [2.05, 4.69) is 33.1 Å². The van der Waals surface area contributed by atoms with Crippen molar-refractivity contribution in [3.8, 4) is 0 Å². The third-order valence-electron chi connectivity index (χ3n) is 1.69. The highest BCUT2D eigenvalue weighted by Gasteiger charge is 2.12. The molecule has 0 amide bonds. The molecule has 1 rings (SSSR count). The Bertz CT molecular complexity index is 269. The Morgan fingerprint density at radius 1 is 1.58 bits per heavy atom. The molecule has 0 spiro atoms. The molecule has 1 radical (unpaired) electrons. The molecule has 0 saturated carbocycles. The zero-order valence-electron chi connectivity index (χ0n) is 7.22. The Hall–Kier alpha value is -0.880. The molecule has 1 heterocycles. The highest BCUT2D eigenvalue weighted by atomic mass is 32.1. The fraction of sp³-hybridized carbons (Fsp3) is 0.667. The van der Waals surface area contributed by atoms with Crippen molar-refractivity contribution in [2.24, 2.45) is 0 Å². The summed E-state index contributed by atoms with van der Waals surface area (Å²) in [5.74, 6) is 0.492. The number of rotatable bonds is 3. The molecule has 0 aliphatic rings. The number of hydrogen-bond donors (Lipinski definition) is 0. The molecule has 0 aromatic carbocycles. The van der Waals surface area contributed by atoms with Crippen LogP contribution in [0.15, 0.2) is 0 Å². The second-order valence-electron chi connectivity index (χ2n) is 2.64. The van der Waals surface area contributed by atoms with E-state index in [1.54, 1.807) is 4.68 Å². The minimum atomic E-state index is 0.0884. The molecule has 0 aliphatic carbocycles. The summed E-state index contributed by atoms with van der Waals surface area (Å²) >= 11 is 4.63. The van der Waals surface area contributed by atoms with Gasteiger partial charge in [-0.15, -0.1) is 5.10 Å². The quantitative estimate of drug-likeness (QED) is 0.618. The van der Waals surface area contributed by atoms with Crippen LogP contribution in [0.4, 0.5) is 0 Å². The molecule has 65 valence electrons. The summed E-state index contributed by atoms with van der Waals surface area (Å²) in [6.07, 6.45) is 0.0884. The first-order chi connectivity index (χ1) is 5.66. The number of aromatic nitrogens is 4. The molecule has 6 heteroatoms. The number of thiocarbonyl (C=S) groups is 1. The van der Waals surface area contributed by atoms with Gasteiger partial charge in [0.1, 0.15) is 11.5 Å². The van der Waals surface area contributed by atoms with E-state index in [0.717, 1.165) is 0 Å². The largest absolute Gasteiger partial charge is 0.288 e. The van der Waals surface area contributed by atoms with Gasteiger partial charge in [0.05, 0.1) is 0 Å². The van der Waals surface area contributed by atoms with Crippen molar-refractivity contribution >= 4 is 17.6 Å². The van der Waals surface area contributed by atoms with Crippen LogP contribution in [-0.4, -0.2) is 44.6 Å². The summed E-state index contributed by atoms with van der Waals surface area (Å²) in [7, 11) is 3.89.